The molecule has 1 aromatic rings. The van der Waals surface area contributed by atoms with E-state index in [9.17, 15) is 14.7 Å². The standard InChI is InChI=1S/C35H42O5/c1-5-7-11-27-26-15-14-25-24-16-17-35(31(25)30(26)33(37)39-27)28(18-21(6-2)13-12-20(3)4)40-34(38)32(35)29(24)22-9-8-10-23(36)19-22/h8-11,18-21,24-25,31,36H,5-7,12-17H2,1-4H3. The summed E-state index contributed by atoms with van der Waals surface area (Å²) in [5, 5.41) is 10.4. The molecule has 0 aromatic heterocycles. The Kier molecular flexibility index (Phi) is 7.04. The van der Waals surface area contributed by atoms with Gasteiger partial charge in [-0.05, 0) is 104 Å². The quantitative estimate of drug-likeness (QED) is 0.337. The number of fused-ring (bicyclic) bond motifs is 1. The lowest BCUT2D eigenvalue weighted by molar-refractivity contribution is -0.135. The largest absolute Gasteiger partial charge is 0.508 e. The average molecular weight is 543 g/mol. The third kappa shape index (κ3) is 4.11. The van der Waals surface area contributed by atoms with Gasteiger partial charge in [-0.2, -0.15) is 0 Å². The van der Waals surface area contributed by atoms with Crippen LogP contribution in [0.2, 0.25) is 0 Å². The maximum absolute atomic E-state index is 13.9. The van der Waals surface area contributed by atoms with E-state index >= 15 is 0 Å². The number of phenolic OH excluding ortho intramolecular Hbond substituents is 1. The number of benzene rings is 1. The molecule has 2 aliphatic heterocycles. The summed E-state index contributed by atoms with van der Waals surface area (Å²) in [5.41, 5.74) is 3.78. The molecule has 2 heterocycles. The lowest BCUT2D eigenvalue weighted by atomic mass is 9.44. The highest BCUT2D eigenvalue weighted by molar-refractivity contribution is 6.06. The molecule has 0 radical (unpaired) electrons. The lowest BCUT2D eigenvalue weighted by Crippen LogP contribution is -2.52. The third-order valence-electron chi connectivity index (χ3n) is 10.1. The summed E-state index contributed by atoms with van der Waals surface area (Å²) >= 11 is 0. The van der Waals surface area contributed by atoms with E-state index in [1.807, 2.05) is 12.1 Å². The summed E-state index contributed by atoms with van der Waals surface area (Å²) in [7, 11) is 0. The lowest BCUT2D eigenvalue weighted by Gasteiger charge is -2.56. The van der Waals surface area contributed by atoms with Crippen LogP contribution < -0.4 is 0 Å². The van der Waals surface area contributed by atoms with Gasteiger partial charge in [0.15, 0.2) is 0 Å². The molecule has 2 fully saturated rings. The summed E-state index contributed by atoms with van der Waals surface area (Å²) in [6.07, 6.45) is 12.8. The molecule has 1 N–H and O–H groups in total. The first-order chi connectivity index (χ1) is 19.3. The molecule has 2 bridgehead atoms. The molecule has 6 aliphatic rings. The second-order valence-electron chi connectivity index (χ2n) is 12.8. The minimum Gasteiger partial charge on any atom is -0.508 e. The second-order valence-corrected chi connectivity index (χ2v) is 12.8. The Morgan fingerprint density at radius 3 is 2.62 bits per heavy atom. The Morgan fingerprint density at radius 2 is 1.90 bits per heavy atom. The van der Waals surface area contributed by atoms with E-state index in [0.29, 0.717) is 17.4 Å². The van der Waals surface area contributed by atoms with Gasteiger partial charge in [0.25, 0.3) is 0 Å². The molecule has 40 heavy (non-hydrogen) atoms. The zero-order valence-electron chi connectivity index (χ0n) is 24.3. The van der Waals surface area contributed by atoms with E-state index in [1.54, 1.807) is 12.1 Å². The Hall–Kier alpha value is -3.08. The van der Waals surface area contributed by atoms with E-state index in [2.05, 4.69) is 39.8 Å². The van der Waals surface area contributed by atoms with E-state index in [-0.39, 0.29) is 35.4 Å². The van der Waals surface area contributed by atoms with Crippen LogP contribution in [0.15, 0.2) is 64.7 Å². The number of carbonyl (C=O) groups is 2. The molecule has 1 saturated carbocycles. The minimum atomic E-state index is -0.678. The van der Waals surface area contributed by atoms with E-state index in [1.165, 1.54) is 0 Å². The molecule has 5 atom stereocenters. The topological polar surface area (TPSA) is 72.8 Å². The number of unbranched alkanes of at least 4 members (excludes halogenated alkanes) is 1. The van der Waals surface area contributed by atoms with Crippen LogP contribution in [0.4, 0.5) is 0 Å². The van der Waals surface area contributed by atoms with Crippen LogP contribution in [0.25, 0.3) is 5.57 Å². The highest BCUT2D eigenvalue weighted by Crippen LogP contribution is 2.71. The number of ether oxygens (including phenoxy) is 2. The molecule has 1 aromatic carbocycles. The van der Waals surface area contributed by atoms with Crippen LogP contribution in [-0.2, 0) is 19.1 Å². The van der Waals surface area contributed by atoms with E-state index in [0.717, 1.165) is 91.6 Å². The van der Waals surface area contributed by atoms with Gasteiger partial charge >= 0.3 is 11.9 Å². The van der Waals surface area contributed by atoms with Crippen LogP contribution >= 0.6 is 0 Å². The maximum Gasteiger partial charge on any atom is 0.340 e. The van der Waals surface area contributed by atoms with Gasteiger partial charge in [-0.15, -0.1) is 0 Å². The SMILES string of the molecule is CCCC=C1OC(=O)C2=C1CCC1C3CCC4(C(=CC(CC)CCC(C)C)OC(=O)C4=C3c3cccc(O)c3)C21. The van der Waals surface area contributed by atoms with E-state index in [4.69, 9.17) is 9.47 Å². The van der Waals surface area contributed by atoms with Crippen molar-refractivity contribution in [1.29, 1.82) is 0 Å². The first-order valence-corrected chi connectivity index (χ1v) is 15.4. The second kappa shape index (κ2) is 10.4. The molecule has 5 heteroatoms. The zero-order valence-corrected chi connectivity index (χ0v) is 24.3. The molecule has 0 amide bonds. The van der Waals surface area contributed by atoms with Crippen LogP contribution in [0, 0.1) is 35.0 Å². The molecule has 7 rings (SSSR count). The van der Waals surface area contributed by atoms with Crippen molar-refractivity contribution in [2.24, 2.45) is 35.0 Å². The highest BCUT2D eigenvalue weighted by atomic mass is 16.5. The molecule has 5 unspecified atom stereocenters. The summed E-state index contributed by atoms with van der Waals surface area (Å²) in [4.78, 5) is 27.6. The van der Waals surface area contributed by atoms with Crippen LogP contribution in [0.5, 0.6) is 5.75 Å². The van der Waals surface area contributed by atoms with Crippen molar-refractivity contribution in [2.75, 3.05) is 0 Å². The molecule has 4 aliphatic carbocycles. The normalized spacial score (nSPS) is 31.6. The summed E-state index contributed by atoms with van der Waals surface area (Å²) in [5.74, 6) is 2.26. The summed E-state index contributed by atoms with van der Waals surface area (Å²) in [6.45, 7) is 8.82. The molecular weight excluding hydrogens is 500 g/mol. The number of phenols is 1. The molecule has 1 saturated heterocycles. The van der Waals surface area contributed by atoms with Gasteiger partial charge < -0.3 is 14.6 Å². The van der Waals surface area contributed by atoms with Crippen molar-refractivity contribution in [3.8, 4) is 5.75 Å². The van der Waals surface area contributed by atoms with Crippen molar-refractivity contribution in [3.63, 3.8) is 0 Å². The fourth-order valence-corrected chi connectivity index (χ4v) is 8.35. The Balaban J connectivity index is 1.57. The molecule has 212 valence electrons. The minimum absolute atomic E-state index is 0.129. The average Bonchev–Trinajstić information content (AvgIpc) is 3.42. The molecule has 5 nitrogen and oxygen atoms in total. The number of hydrogen-bond acceptors (Lipinski definition) is 5. The number of rotatable bonds is 8. The number of cyclic esters (lactones) is 2. The summed E-state index contributed by atoms with van der Waals surface area (Å²) < 4.78 is 12.2. The zero-order chi connectivity index (χ0) is 28.2. The van der Waals surface area contributed by atoms with Gasteiger partial charge in [0.1, 0.15) is 17.3 Å². The monoisotopic (exact) mass is 542 g/mol. The van der Waals surface area contributed by atoms with Crippen molar-refractivity contribution in [1.82, 2.24) is 0 Å². The number of aromatic hydroxyl groups is 1. The van der Waals surface area contributed by atoms with Crippen molar-refractivity contribution >= 4 is 17.5 Å². The Bertz CT molecular complexity index is 1360. The smallest absolute Gasteiger partial charge is 0.340 e. The van der Waals surface area contributed by atoms with Gasteiger partial charge in [0, 0.05) is 17.1 Å². The first-order valence-electron chi connectivity index (χ1n) is 15.4. The van der Waals surface area contributed by atoms with Crippen molar-refractivity contribution < 1.29 is 24.2 Å². The van der Waals surface area contributed by atoms with Crippen molar-refractivity contribution in [3.05, 3.63) is 70.2 Å². The van der Waals surface area contributed by atoms with Crippen LogP contribution in [-0.4, -0.2) is 17.0 Å². The number of allylic oxidation sites excluding steroid dienone is 5. The van der Waals surface area contributed by atoms with Crippen LogP contribution in [0.1, 0.15) is 91.0 Å². The first kappa shape index (κ1) is 27.1. The predicted octanol–water partition coefficient (Wildman–Crippen LogP) is 8.02. The third-order valence-corrected chi connectivity index (χ3v) is 10.1. The van der Waals surface area contributed by atoms with Gasteiger partial charge in [0.05, 0.1) is 11.0 Å². The van der Waals surface area contributed by atoms with Gasteiger partial charge in [-0.1, -0.05) is 52.7 Å². The van der Waals surface area contributed by atoms with Crippen LogP contribution in [0.3, 0.4) is 0 Å². The molecule has 1 spiro atoms. The van der Waals surface area contributed by atoms with Gasteiger partial charge in [-0.3, -0.25) is 0 Å². The fourth-order valence-electron chi connectivity index (χ4n) is 8.35. The van der Waals surface area contributed by atoms with Gasteiger partial charge in [-0.25, -0.2) is 9.59 Å². The fraction of sp³-hybridized carbons (Fsp3) is 0.543. The predicted molar refractivity (Wildman–Crippen MR) is 155 cm³/mol. The van der Waals surface area contributed by atoms with Crippen molar-refractivity contribution in [2.45, 2.75) is 85.5 Å². The van der Waals surface area contributed by atoms with Gasteiger partial charge in [0.2, 0.25) is 0 Å². The van der Waals surface area contributed by atoms with E-state index < -0.39 is 5.41 Å². The maximum atomic E-state index is 13.9. The number of carbonyl (C=O) groups excluding carboxylic acids is 2. The highest BCUT2D eigenvalue weighted by Gasteiger charge is 2.68. The number of hydrogen-bond donors (Lipinski definition) is 1. The number of esters is 2. The molecular formula is C35H42O5. The Morgan fingerprint density at radius 1 is 1.07 bits per heavy atom. The Labute approximate surface area is 238 Å². The summed E-state index contributed by atoms with van der Waals surface area (Å²) in [6, 6.07) is 7.30.